The number of rotatable bonds is 1. The van der Waals surface area contributed by atoms with Gasteiger partial charge in [-0.2, -0.15) is 0 Å². The van der Waals surface area contributed by atoms with E-state index in [0.717, 1.165) is 29.6 Å². The molecule has 2 atom stereocenters. The molecule has 1 aliphatic carbocycles. The zero-order valence-electron chi connectivity index (χ0n) is 10.4. The van der Waals surface area contributed by atoms with Crippen LogP contribution in [0, 0.1) is 0 Å². The second kappa shape index (κ2) is 4.94. The molecule has 2 N–H and O–H groups in total. The van der Waals surface area contributed by atoms with E-state index in [1.807, 2.05) is 18.2 Å². The summed E-state index contributed by atoms with van der Waals surface area (Å²) in [7, 11) is 0. The predicted octanol–water partition coefficient (Wildman–Crippen LogP) is 4.46. The molecule has 1 aromatic carbocycles. The molecule has 1 aromatic heterocycles. The molecule has 1 fully saturated rings. The van der Waals surface area contributed by atoms with Crippen LogP contribution in [0.4, 0.5) is 0 Å². The van der Waals surface area contributed by atoms with E-state index in [0.29, 0.717) is 17.0 Å². The van der Waals surface area contributed by atoms with Crippen LogP contribution in [-0.2, 0) is 0 Å². The third kappa shape index (κ3) is 2.27. The van der Waals surface area contributed by atoms with Crippen molar-refractivity contribution in [3.8, 4) is 0 Å². The van der Waals surface area contributed by atoms with E-state index in [9.17, 15) is 0 Å². The van der Waals surface area contributed by atoms with Crippen molar-refractivity contribution in [2.24, 2.45) is 5.73 Å². The van der Waals surface area contributed by atoms with Crippen LogP contribution in [0.2, 0.25) is 5.02 Å². The fourth-order valence-electron chi connectivity index (χ4n) is 2.91. The summed E-state index contributed by atoms with van der Waals surface area (Å²) >= 11 is 6.15. The Labute approximate surface area is 112 Å². The van der Waals surface area contributed by atoms with Gasteiger partial charge in [-0.05, 0) is 31.4 Å². The Kier molecular flexibility index (Phi) is 3.31. The normalized spacial score (nSPS) is 25.2. The standard InChI is InChI=1S/C15H18ClNO/c16-13-7-3-5-11-9-14(18-15(11)13)10-4-1-2-6-12(17)8-10/h3,5,7,9-10,12H,1-2,4,6,8,17H2. The lowest BCUT2D eigenvalue weighted by Crippen LogP contribution is -2.20. The number of benzene rings is 1. The predicted molar refractivity (Wildman–Crippen MR) is 75.0 cm³/mol. The van der Waals surface area contributed by atoms with Gasteiger partial charge in [-0.25, -0.2) is 0 Å². The molecule has 0 saturated heterocycles. The van der Waals surface area contributed by atoms with Crippen LogP contribution in [-0.4, -0.2) is 6.04 Å². The lowest BCUT2D eigenvalue weighted by molar-refractivity contribution is 0.440. The molecule has 2 unspecified atom stereocenters. The molecule has 1 heterocycles. The van der Waals surface area contributed by atoms with Gasteiger partial charge in [-0.3, -0.25) is 0 Å². The molecular formula is C15H18ClNO. The summed E-state index contributed by atoms with van der Waals surface area (Å²) in [5.41, 5.74) is 6.93. The molecule has 96 valence electrons. The van der Waals surface area contributed by atoms with Gasteiger partial charge in [0.15, 0.2) is 5.58 Å². The number of para-hydroxylation sites is 1. The van der Waals surface area contributed by atoms with Gasteiger partial charge in [-0.15, -0.1) is 0 Å². The zero-order chi connectivity index (χ0) is 12.5. The Hall–Kier alpha value is -0.990. The second-order valence-corrected chi connectivity index (χ2v) is 5.69. The minimum atomic E-state index is 0.307. The molecule has 0 spiro atoms. The van der Waals surface area contributed by atoms with E-state index in [2.05, 4.69) is 6.07 Å². The highest BCUT2D eigenvalue weighted by atomic mass is 35.5. The van der Waals surface area contributed by atoms with Crippen LogP contribution in [0.15, 0.2) is 28.7 Å². The Morgan fingerprint density at radius 2 is 2.06 bits per heavy atom. The van der Waals surface area contributed by atoms with Gasteiger partial charge in [0.05, 0.1) is 5.02 Å². The van der Waals surface area contributed by atoms with Crippen LogP contribution in [0.25, 0.3) is 11.0 Å². The van der Waals surface area contributed by atoms with Crippen molar-refractivity contribution in [3.63, 3.8) is 0 Å². The maximum Gasteiger partial charge on any atom is 0.152 e. The fourth-order valence-corrected chi connectivity index (χ4v) is 3.13. The van der Waals surface area contributed by atoms with Gasteiger partial charge in [0.2, 0.25) is 0 Å². The molecule has 0 amide bonds. The number of hydrogen-bond donors (Lipinski definition) is 1. The van der Waals surface area contributed by atoms with Crippen LogP contribution < -0.4 is 5.73 Å². The van der Waals surface area contributed by atoms with Crippen molar-refractivity contribution in [1.82, 2.24) is 0 Å². The molecule has 1 aliphatic rings. The first-order chi connectivity index (χ1) is 8.74. The highest BCUT2D eigenvalue weighted by molar-refractivity contribution is 6.34. The monoisotopic (exact) mass is 263 g/mol. The molecule has 0 bridgehead atoms. The molecule has 2 aromatic rings. The average molecular weight is 264 g/mol. The molecule has 1 saturated carbocycles. The summed E-state index contributed by atoms with van der Waals surface area (Å²) in [6.07, 6.45) is 5.81. The van der Waals surface area contributed by atoms with Crippen LogP contribution in [0.3, 0.4) is 0 Å². The van der Waals surface area contributed by atoms with Gasteiger partial charge in [0, 0.05) is 17.3 Å². The third-order valence-corrected chi connectivity index (χ3v) is 4.18. The largest absolute Gasteiger partial charge is 0.459 e. The number of furan rings is 1. The van der Waals surface area contributed by atoms with Crippen molar-refractivity contribution >= 4 is 22.6 Å². The second-order valence-electron chi connectivity index (χ2n) is 5.28. The Bertz CT molecular complexity index is 548. The van der Waals surface area contributed by atoms with E-state index in [-0.39, 0.29) is 0 Å². The molecular weight excluding hydrogens is 246 g/mol. The van der Waals surface area contributed by atoms with Crippen LogP contribution in [0.5, 0.6) is 0 Å². The highest BCUT2D eigenvalue weighted by Crippen LogP contribution is 2.36. The molecule has 2 nitrogen and oxygen atoms in total. The van der Waals surface area contributed by atoms with Crippen molar-refractivity contribution in [2.75, 3.05) is 0 Å². The first-order valence-corrected chi connectivity index (χ1v) is 7.05. The molecule has 0 aliphatic heterocycles. The molecule has 18 heavy (non-hydrogen) atoms. The van der Waals surface area contributed by atoms with E-state index in [1.54, 1.807) is 0 Å². The summed E-state index contributed by atoms with van der Waals surface area (Å²) in [5, 5.41) is 1.78. The number of nitrogens with two attached hydrogens (primary N) is 1. The van der Waals surface area contributed by atoms with Crippen molar-refractivity contribution in [3.05, 3.63) is 35.0 Å². The van der Waals surface area contributed by atoms with Gasteiger partial charge in [-0.1, -0.05) is 36.6 Å². The average Bonchev–Trinajstić information content (AvgIpc) is 2.67. The maximum absolute atomic E-state index is 6.15. The topological polar surface area (TPSA) is 39.2 Å². The molecule has 3 rings (SSSR count). The molecule has 0 radical (unpaired) electrons. The van der Waals surface area contributed by atoms with Crippen LogP contribution in [0.1, 0.15) is 43.8 Å². The first kappa shape index (κ1) is 12.1. The smallest absolute Gasteiger partial charge is 0.152 e. The van der Waals surface area contributed by atoms with Gasteiger partial charge in [0.1, 0.15) is 5.76 Å². The number of hydrogen-bond acceptors (Lipinski definition) is 2. The van der Waals surface area contributed by atoms with Crippen LogP contribution >= 0.6 is 11.6 Å². The summed E-state index contributed by atoms with van der Waals surface area (Å²) in [6.45, 7) is 0. The Balaban J connectivity index is 1.95. The summed E-state index contributed by atoms with van der Waals surface area (Å²) in [4.78, 5) is 0. The summed E-state index contributed by atoms with van der Waals surface area (Å²) < 4.78 is 5.95. The zero-order valence-corrected chi connectivity index (χ0v) is 11.1. The van der Waals surface area contributed by atoms with Crippen molar-refractivity contribution in [1.29, 1.82) is 0 Å². The minimum absolute atomic E-state index is 0.307. The van der Waals surface area contributed by atoms with E-state index in [4.69, 9.17) is 21.8 Å². The SMILES string of the molecule is NC1CCCCC(c2cc3cccc(Cl)c3o2)C1. The van der Waals surface area contributed by atoms with E-state index >= 15 is 0 Å². The highest BCUT2D eigenvalue weighted by Gasteiger charge is 2.22. The fraction of sp³-hybridized carbons (Fsp3) is 0.467. The summed E-state index contributed by atoms with van der Waals surface area (Å²) in [6, 6.07) is 8.31. The van der Waals surface area contributed by atoms with Gasteiger partial charge in [0.25, 0.3) is 0 Å². The number of fused-ring (bicyclic) bond motifs is 1. The quantitative estimate of drug-likeness (QED) is 0.772. The maximum atomic E-state index is 6.15. The number of halogens is 1. The minimum Gasteiger partial charge on any atom is -0.459 e. The lowest BCUT2D eigenvalue weighted by atomic mass is 9.95. The van der Waals surface area contributed by atoms with Crippen molar-refractivity contribution < 1.29 is 4.42 Å². The lowest BCUT2D eigenvalue weighted by Gasteiger charge is -2.14. The van der Waals surface area contributed by atoms with E-state index in [1.165, 1.54) is 19.3 Å². The van der Waals surface area contributed by atoms with E-state index < -0.39 is 0 Å². The Morgan fingerprint density at radius 1 is 1.22 bits per heavy atom. The molecule has 3 heteroatoms. The van der Waals surface area contributed by atoms with Crippen molar-refractivity contribution in [2.45, 2.75) is 44.1 Å². The van der Waals surface area contributed by atoms with Gasteiger partial charge >= 0.3 is 0 Å². The van der Waals surface area contributed by atoms with Gasteiger partial charge < -0.3 is 10.2 Å². The Morgan fingerprint density at radius 3 is 2.89 bits per heavy atom. The first-order valence-electron chi connectivity index (χ1n) is 6.67. The third-order valence-electron chi connectivity index (χ3n) is 3.88. The summed E-state index contributed by atoms with van der Waals surface area (Å²) in [5.74, 6) is 1.50.